The van der Waals surface area contributed by atoms with Crippen molar-refractivity contribution in [2.45, 2.75) is 157 Å². The van der Waals surface area contributed by atoms with E-state index in [1.807, 2.05) is 0 Å². The molecule has 2 nitrogen and oxygen atoms in total. The Bertz CT molecular complexity index is 3820. The maximum Gasteiger partial charge on any atom is 0.252 e. The first-order valence-corrected chi connectivity index (χ1v) is 28.3. The van der Waals surface area contributed by atoms with Crippen LogP contribution in [-0.4, -0.2) is 23.9 Å². The van der Waals surface area contributed by atoms with Crippen LogP contribution in [0.1, 0.15) is 158 Å². The number of aromatic nitrogens is 2. The monoisotopic (exact) mass is 931 g/mol. The minimum absolute atomic E-state index is 0.0161. The van der Waals surface area contributed by atoms with E-state index in [2.05, 4.69) is 237 Å². The molecule has 13 rings (SSSR count). The highest BCUT2D eigenvalue weighted by Gasteiger charge is 2.57. The zero-order valence-corrected chi connectivity index (χ0v) is 46.3. The fourth-order valence-corrected chi connectivity index (χ4v) is 19.2. The maximum absolute atomic E-state index is 3.11. The van der Waals surface area contributed by atoms with Crippen LogP contribution < -0.4 is 37.1 Å². The molecule has 4 aliphatic heterocycles. The summed E-state index contributed by atoms with van der Waals surface area (Å²) in [6.07, 6.45) is 0. The first-order chi connectivity index (χ1) is 32.5. The van der Waals surface area contributed by atoms with Crippen molar-refractivity contribution < 1.29 is 0 Å². The Balaban J connectivity index is 1.32. The minimum Gasteiger partial charge on any atom is -0.310 e. The van der Waals surface area contributed by atoms with E-state index >= 15 is 0 Å². The summed E-state index contributed by atoms with van der Waals surface area (Å²) < 4.78 is 5.55. The van der Waals surface area contributed by atoms with Gasteiger partial charge in [-0.1, -0.05) is 191 Å². The topological polar surface area (TPSA) is 9.86 Å². The van der Waals surface area contributed by atoms with Crippen LogP contribution in [0.5, 0.6) is 0 Å². The third-order valence-electron chi connectivity index (χ3n) is 17.6. The van der Waals surface area contributed by atoms with Crippen molar-refractivity contribution in [1.29, 1.82) is 0 Å². The molecule has 2 aromatic heterocycles. The third kappa shape index (κ3) is 5.53. The summed E-state index contributed by atoms with van der Waals surface area (Å²) in [7, 11) is -3.11. The Kier molecular flexibility index (Phi) is 8.29. The minimum atomic E-state index is -3.11. The zero-order chi connectivity index (χ0) is 49.7. The lowest BCUT2D eigenvalue weighted by atomic mass is 9.34. The van der Waals surface area contributed by atoms with Crippen molar-refractivity contribution >= 4 is 95.5 Å². The van der Waals surface area contributed by atoms with Crippen molar-refractivity contribution in [2.24, 2.45) is 0 Å². The molecule has 4 aliphatic rings. The van der Waals surface area contributed by atoms with Crippen LogP contribution in [0.25, 0.3) is 66.1 Å². The molecule has 0 saturated heterocycles. The molecule has 70 heavy (non-hydrogen) atoms. The van der Waals surface area contributed by atoms with E-state index in [1.54, 1.807) is 20.7 Å². The first-order valence-electron chi connectivity index (χ1n) is 26.3. The summed E-state index contributed by atoms with van der Waals surface area (Å²) in [5.74, 6) is 0. The second-order valence-electron chi connectivity index (χ2n) is 28.3. The molecule has 0 unspecified atom stereocenters. The number of rotatable bonds is 0. The Labute approximate surface area is 418 Å². The van der Waals surface area contributed by atoms with E-state index in [4.69, 9.17) is 0 Å². The molecule has 6 heterocycles. The summed E-state index contributed by atoms with van der Waals surface area (Å²) in [6.45, 7) is 43.3. The third-order valence-corrected chi connectivity index (χ3v) is 22.4. The van der Waals surface area contributed by atoms with Crippen LogP contribution >= 0.6 is 0 Å². The quantitative estimate of drug-likeness (QED) is 0.134. The fourth-order valence-electron chi connectivity index (χ4n) is 13.5. The Hall–Kier alpha value is -5.58. The molecular formula is C66H71BN2Si. The number of hydrogen-bond acceptors (Lipinski definition) is 0. The molecule has 4 heteroatoms. The largest absolute Gasteiger partial charge is 0.310 e. The van der Waals surface area contributed by atoms with Gasteiger partial charge in [-0.05, 0) is 151 Å². The van der Waals surface area contributed by atoms with Gasteiger partial charge in [-0.15, -0.1) is 0 Å². The second kappa shape index (κ2) is 13.1. The van der Waals surface area contributed by atoms with Gasteiger partial charge in [0.15, 0.2) is 8.07 Å². The molecule has 0 saturated carbocycles. The van der Waals surface area contributed by atoms with Crippen LogP contribution in [0.2, 0.25) is 0 Å². The van der Waals surface area contributed by atoms with Gasteiger partial charge in [-0.25, -0.2) is 0 Å². The Morgan fingerprint density at radius 3 is 1.24 bits per heavy atom. The summed E-state index contributed by atoms with van der Waals surface area (Å²) in [5.41, 5.74) is 23.9. The van der Waals surface area contributed by atoms with Gasteiger partial charge in [0, 0.05) is 44.0 Å². The molecule has 0 N–H and O–H groups in total. The van der Waals surface area contributed by atoms with E-state index in [0.717, 1.165) is 0 Å². The van der Waals surface area contributed by atoms with Crippen molar-refractivity contribution in [3.8, 4) is 22.5 Å². The van der Waals surface area contributed by atoms with Crippen LogP contribution in [0, 0.1) is 0 Å². The van der Waals surface area contributed by atoms with Crippen molar-refractivity contribution in [1.82, 2.24) is 9.13 Å². The van der Waals surface area contributed by atoms with Crippen LogP contribution in [0.15, 0.2) is 103 Å². The van der Waals surface area contributed by atoms with Gasteiger partial charge in [0.25, 0.3) is 6.71 Å². The SMILES string of the molecule is CC(C)(C)c1ccc2c(c1)[Si]1(c3cc(C(C)(C)C)ccc3-2)c2ccc3c4c2-n2c5c(cc(C(C)(C)C)cc5c5cc(C(C)(C)C)cc1c52)B4c1cc(C(C)(C)C)cc2c4cc(C(C)(C)C)ccc4n-3c12. The average Bonchev–Trinajstić information content (AvgIpc) is 3.88. The van der Waals surface area contributed by atoms with E-state index in [9.17, 15) is 0 Å². The van der Waals surface area contributed by atoms with Gasteiger partial charge in [0.1, 0.15) is 0 Å². The normalized spacial score (nSPS) is 15.7. The number of nitrogens with zero attached hydrogens (tertiary/aromatic N) is 2. The van der Waals surface area contributed by atoms with Gasteiger partial charge in [0.2, 0.25) is 0 Å². The zero-order valence-electron chi connectivity index (χ0n) is 45.3. The van der Waals surface area contributed by atoms with Gasteiger partial charge in [-0.2, -0.15) is 0 Å². The van der Waals surface area contributed by atoms with Crippen LogP contribution in [-0.2, 0) is 32.5 Å². The van der Waals surface area contributed by atoms with Crippen molar-refractivity contribution in [3.05, 3.63) is 137 Å². The smallest absolute Gasteiger partial charge is 0.252 e. The van der Waals surface area contributed by atoms with E-state index in [0.29, 0.717) is 0 Å². The summed E-state index contributed by atoms with van der Waals surface area (Å²) >= 11 is 0. The van der Waals surface area contributed by atoms with Crippen molar-refractivity contribution in [2.75, 3.05) is 0 Å². The molecular weight excluding hydrogens is 860 g/mol. The summed E-state index contributed by atoms with van der Waals surface area (Å²) in [6, 6.07) is 43.8. The molecule has 7 aromatic carbocycles. The fraction of sp³-hybridized carbons (Fsp3) is 0.364. The summed E-state index contributed by atoms with van der Waals surface area (Å²) in [5, 5.41) is 11.8. The average molecular weight is 931 g/mol. The molecule has 0 radical (unpaired) electrons. The van der Waals surface area contributed by atoms with Crippen LogP contribution in [0.3, 0.4) is 0 Å². The van der Waals surface area contributed by atoms with Gasteiger partial charge in [-0.3, -0.25) is 0 Å². The molecule has 0 atom stereocenters. The first kappa shape index (κ1) is 44.4. The Morgan fingerprint density at radius 1 is 0.343 bits per heavy atom. The van der Waals surface area contributed by atoms with E-state index in [-0.39, 0.29) is 39.2 Å². The van der Waals surface area contributed by atoms with Gasteiger partial charge < -0.3 is 9.13 Å². The highest BCUT2D eigenvalue weighted by atomic mass is 28.3. The molecule has 1 spiro atoms. The highest BCUT2D eigenvalue weighted by molar-refractivity contribution is 7.24. The van der Waals surface area contributed by atoms with E-state index < -0.39 is 8.07 Å². The van der Waals surface area contributed by atoms with Gasteiger partial charge >= 0.3 is 0 Å². The van der Waals surface area contributed by atoms with Crippen LogP contribution in [0.4, 0.5) is 0 Å². The predicted octanol–water partition coefficient (Wildman–Crippen LogP) is 12.5. The summed E-state index contributed by atoms with van der Waals surface area (Å²) in [4.78, 5) is 0. The lowest BCUT2D eigenvalue weighted by molar-refractivity contribution is 0.590. The number of hydrogen-bond donors (Lipinski definition) is 0. The number of fused-ring (bicyclic) bond motifs is 14. The Morgan fingerprint density at radius 2 is 0.743 bits per heavy atom. The molecule has 9 aromatic rings. The predicted molar refractivity (Wildman–Crippen MR) is 308 cm³/mol. The molecule has 0 bridgehead atoms. The maximum atomic E-state index is 2.84. The molecule has 352 valence electrons. The highest BCUT2D eigenvalue weighted by Crippen LogP contribution is 2.46. The molecule has 0 amide bonds. The molecule has 0 fully saturated rings. The van der Waals surface area contributed by atoms with Gasteiger partial charge in [0.05, 0.1) is 11.0 Å². The lowest BCUT2D eigenvalue weighted by Crippen LogP contribution is -2.77. The van der Waals surface area contributed by atoms with Crippen molar-refractivity contribution in [3.63, 3.8) is 0 Å². The molecule has 0 aliphatic carbocycles. The lowest BCUT2D eigenvalue weighted by Gasteiger charge is -2.43. The van der Waals surface area contributed by atoms with E-state index in [1.165, 1.54) is 116 Å². The number of benzene rings is 7. The second-order valence-corrected chi connectivity index (χ2v) is 32.0. The standard InChI is InChI=1S/C66H71BN2Si/c1-61(2,3)36-21-24-50-44(27-36)45-28-39(64(10,11)12)31-48-57(45)68(50)51-25-26-52-60-56(51)67(48)49-32-40(65(13,14)15)29-46-47-30-41(66(16,17)18)35-55(59(47)69(60)58(46)49)70(52)53-33-37(62(4,5)6)19-22-42(53)43-23-20-38(34-54(43)70)63(7,8)9/h19-35H,1-18H3.